The van der Waals surface area contributed by atoms with Crippen LogP contribution in [0.1, 0.15) is 0 Å². The lowest BCUT2D eigenvalue weighted by molar-refractivity contribution is -0.116. The minimum absolute atomic E-state index is 0.110. The van der Waals surface area contributed by atoms with Gasteiger partial charge in [0.2, 0.25) is 5.91 Å². The Morgan fingerprint density at radius 2 is 1.72 bits per heavy atom. The van der Waals surface area contributed by atoms with Crippen LogP contribution in [-0.2, 0) is 11.3 Å². The number of carbonyl (C=O) groups excluding carboxylic acids is 1. The van der Waals surface area contributed by atoms with Crippen molar-refractivity contribution in [1.82, 2.24) is 9.55 Å². The van der Waals surface area contributed by atoms with Crippen LogP contribution < -0.4 is 14.8 Å². The highest BCUT2D eigenvalue weighted by atomic mass is 19.2. The largest absolute Gasteiger partial charge is 0.497 e. The maximum absolute atomic E-state index is 13.4. The van der Waals surface area contributed by atoms with Crippen LogP contribution in [0.5, 0.6) is 11.5 Å². The van der Waals surface area contributed by atoms with E-state index in [0.717, 1.165) is 12.1 Å². The standard InChI is InChI=1S/C17H15F2N3O3/c1-24-11-3-10(4-12(5-11)25-2)21-17(23)8-22-9-20-15-6-13(18)14(19)7-16(15)22/h3-7,9H,8H2,1-2H3,(H,21,23). The van der Waals surface area contributed by atoms with Gasteiger partial charge in [-0.2, -0.15) is 0 Å². The highest BCUT2D eigenvalue weighted by molar-refractivity contribution is 5.92. The minimum atomic E-state index is -0.993. The first-order valence-corrected chi connectivity index (χ1v) is 7.33. The molecule has 1 N–H and O–H groups in total. The molecule has 0 saturated heterocycles. The van der Waals surface area contributed by atoms with Gasteiger partial charge >= 0.3 is 0 Å². The number of hydrogen-bond acceptors (Lipinski definition) is 4. The number of imidazole rings is 1. The molecule has 130 valence electrons. The van der Waals surface area contributed by atoms with Crippen LogP contribution in [0.4, 0.5) is 14.5 Å². The van der Waals surface area contributed by atoms with Gasteiger partial charge in [0, 0.05) is 36.0 Å². The SMILES string of the molecule is COc1cc(NC(=O)Cn2cnc3cc(F)c(F)cc32)cc(OC)c1. The van der Waals surface area contributed by atoms with E-state index >= 15 is 0 Å². The summed E-state index contributed by atoms with van der Waals surface area (Å²) in [6, 6.07) is 6.96. The summed E-state index contributed by atoms with van der Waals surface area (Å²) < 4.78 is 38.4. The topological polar surface area (TPSA) is 65.4 Å². The van der Waals surface area contributed by atoms with Crippen molar-refractivity contribution in [2.24, 2.45) is 0 Å². The number of benzene rings is 2. The molecule has 8 heteroatoms. The summed E-state index contributed by atoms with van der Waals surface area (Å²) in [7, 11) is 3.01. The Labute approximate surface area is 142 Å². The number of carbonyl (C=O) groups is 1. The van der Waals surface area contributed by atoms with Crippen LogP contribution >= 0.6 is 0 Å². The highest BCUT2D eigenvalue weighted by Crippen LogP contribution is 2.26. The molecule has 6 nitrogen and oxygen atoms in total. The third-order valence-electron chi connectivity index (χ3n) is 3.61. The van der Waals surface area contributed by atoms with Gasteiger partial charge in [-0.1, -0.05) is 0 Å². The van der Waals surface area contributed by atoms with Crippen LogP contribution in [0, 0.1) is 11.6 Å². The molecule has 1 amide bonds. The van der Waals surface area contributed by atoms with E-state index in [9.17, 15) is 13.6 Å². The molecule has 0 aliphatic carbocycles. The van der Waals surface area contributed by atoms with Crippen LogP contribution in [0.25, 0.3) is 11.0 Å². The maximum Gasteiger partial charge on any atom is 0.244 e. The van der Waals surface area contributed by atoms with E-state index in [1.807, 2.05) is 0 Å². The number of ether oxygens (including phenoxy) is 2. The van der Waals surface area contributed by atoms with E-state index in [-0.39, 0.29) is 18.0 Å². The highest BCUT2D eigenvalue weighted by Gasteiger charge is 2.12. The number of nitrogens with one attached hydrogen (secondary N) is 1. The molecule has 0 bridgehead atoms. The van der Waals surface area contributed by atoms with Gasteiger partial charge in [-0.15, -0.1) is 0 Å². The quantitative estimate of drug-likeness (QED) is 0.771. The van der Waals surface area contributed by atoms with Crippen molar-refractivity contribution in [3.63, 3.8) is 0 Å². The molecule has 3 aromatic rings. The van der Waals surface area contributed by atoms with Crippen molar-refractivity contribution in [1.29, 1.82) is 0 Å². The zero-order valence-corrected chi connectivity index (χ0v) is 13.5. The minimum Gasteiger partial charge on any atom is -0.497 e. The monoisotopic (exact) mass is 347 g/mol. The lowest BCUT2D eigenvalue weighted by Gasteiger charge is -2.10. The van der Waals surface area contributed by atoms with Crippen molar-refractivity contribution in [3.8, 4) is 11.5 Å². The average molecular weight is 347 g/mol. The van der Waals surface area contributed by atoms with Gasteiger partial charge in [0.05, 0.1) is 31.6 Å². The van der Waals surface area contributed by atoms with Gasteiger partial charge < -0.3 is 19.4 Å². The van der Waals surface area contributed by atoms with Crippen molar-refractivity contribution in [3.05, 3.63) is 48.3 Å². The maximum atomic E-state index is 13.4. The number of amides is 1. The fourth-order valence-corrected chi connectivity index (χ4v) is 2.41. The normalized spacial score (nSPS) is 10.7. The summed E-state index contributed by atoms with van der Waals surface area (Å²) in [5.41, 5.74) is 1.09. The molecule has 0 aliphatic heterocycles. The van der Waals surface area contributed by atoms with E-state index < -0.39 is 11.6 Å². The number of hydrogen-bond donors (Lipinski definition) is 1. The number of anilines is 1. The van der Waals surface area contributed by atoms with Crippen LogP contribution in [0.2, 0.25) is 0 Å². The molecule has 3 rings (SSSR count). The second kappa shape index (κ2) is 6.76. The lowest BCUT2D eigenvalue weighted by atomic mass is 10.2. The van der Waals surface area contributed by atoms with E-state index in [1.54, 1.807) is 18.2 Å². The van der Waals surface area contributed by atoms with E-state index in [1.165, 1.54) is 25.1 Å². The first kappa shape index (κ1) is 16.7. The van der Waals surface area contributed by atoms with Crippen molar-refractivity contribution in [2.45, 2.75) is 6.54 Å². The van der Waals surface area contributed by atoms with Gasteiger partial charge in [-0.3, -0.25) is 4.79 Å². The predicted octanol–water partition coefficient (Wildman–Crippen LogP) is 2.97. The first-order chi connectivity index (χ1) is 12.0. The van der Waals surface area contributed by atoms with Gasteiger partial charge in [-0.25, -0.2) is 13.8 Å². The summed E-state index contributed by atoms with van der Waals surface area (Å²) in [5.74, 6) is -1.28. The summed E-state index contributed by atoms with van der Waals surface area (Å²) in [4.78, 5) is 16.2. The van der Waals surface area contributed by atoms with Crippen molar-refractivity contribution >= 4 is 22.6 Å². The number of halogens is 2. The third-order valence-corrected chi connectivity index (χ3v) is 3.61. The number of methoxy groups -OCH3 is 2. The molecule has 25 heavy (non-hydrogen) atoms. The predicted molar refractivity (Wildman–Crippen MR) is 87.8 cm³/mol. The molecule has 0 spiro atoms. The van der Waals surface area contributed by atoms with Gasteiger partial charge in [0.1, 0.15) is 18.0 Å². The Kier molecular flexibility index (Phi) is 4.51. The summed E-state index contributed by atoms with van der Waals surface area (Å²) in [6.07, 6.45) is 1.36. The van der Waals surface area contributed by atoms with Crippen LogP contribution in [-0.4, -0.2) is 29.7 Å². The van der Waals surface area contributed by atoms with Gasteiger partial charge in [0.15, 0.2) is 11.6 Å². The Morgan fingerprint density at radius 3 is 2.36 bits per heavy atom. The smallest absolute Gasteiger partial charge is 0.244 e. The number of nitrogens with zero attached hydrogens (tertiary/aromatic N) is 2. The molecular weight excluding hydrogens is 332 g/mol. The molecule has 0 aliphatic rings. The van der Waals surface area contributed by atoms with Crippen LogP contribution in [0.15, 0.2) is 36.7 Å². The van der Waals surface area contributed by atoms with E-state index in [4.69, 9.17) is 9.47 Å². The van der Waals surface area contributed by atoms with E-state index in [0.29, 0.717) is 22.7 Å². The first-order valence-electron chi connectivity index (χ1n) is 7.33. The number of rotatable bonds is 5. The molecule has 1 aromatic heterocycles. The fourth-order valence-electron chi connectivity index (χ4n) is 2.41. The Bertz CT molecular complexity index is 918. The van der Waals surface area contributed by atoms with Gasteiger partial charge in [0.25, 0.3) is 0 Å². The molecule has 0 unspecified atom stereocenters. The fraction of sp³-hybridized carbons (Fsp3) is 0.176. The summed E-state index contributed by atoms with van der Waals surface area (Å²) in [6.45, 7) is -0.110. The molecule has 1 heterocycles. The number of aromatic nitrogens is 2. The Hall–Kier alpha value is -3.16. The summed E-state index contributed by atoms with van der Waals surface area (Å²) in [5, 5.41) is 2.70. The van der Waals surface area contributed by atoms with Crippen molar-refractivity contribution < 1.29 is 23.0 Å². The van der Waals surface area contributed by atoms with E-state index in [2.05, 4.69) is 10.3 Å². The molecular formula is C17H15F2N3O3. The Balaban J connectivity index is 1.80. The third kappa shape index (κ3) is 3.52. The Morgan fingerprint density at radius 1 is 1.08 bits per heavy atom. The van der Waals surface area contributed by atoms with Crippen molar-refractivity contribution in [2.75, 3.05) is 19.5 Å². The summed E-state index contributed by atoms with van der Waals surface area (Å²) >= 11 is 0. The van der Waals surface area contributed by atoms with Crippen LogP contribution in [0.3, 0.4) is 0 Å². The molecule has 2 aromatic carbocycles. The van der Waals surface area contributed by atoms with Gasteiger partial charge in [-0.05, 0) is 0 Å². The molecule has 0 saturated carbocycles. The molecule has 0 radical (unpaired) electrons. The zero-order valence-electron chi connectivity index (χ0n) is 13.5. The number of fused-ring (bicyclic) bond motifs is 1. The molecule has 0 atom stereocenters. The zero-order chi connectivity index (χ0) is 18.0. The molecule has 0 fully saturated rings. The lowest BCUT2D eigenvalue weighted by Crippen LogP contribution is -2.18. The second-order valence-electron chi connectivity index (χ2n) is 5.28. The average Bonchev–Trinajstić information content (AvgIpc) is 2.96. The second-order valence-corrected chi connectivity index (χ2v) is 5.28.